The molecule has 1 aromatic heterocycles. The number of nitrogens with one attached hydrogen (secondary N) is 2. The van der Waals surface area contributed by atoms with Gasteiger partial charge in [0.25, 0.3) is 11.8 Å². The molecule has 8 heteroatoms. The van der Waals surface area contributed by atoms with Gasteiger partial charge in [0, 0.05) is 28.5 Å². The Hall–Kier alpha value is -2.71. The van der Waals surface area contributed by atoms with Crippen LogP contribution in [0.4, 0.5) is 0 Å². The number of hydrogen-bond acceptors (Lipinski definition) is 5. The van der Waals surface area contributed by atoms with E-state index in [9.17, 15) is 9.59 Å². The largest absolute Gasteiger partial charge is 0.486 e. The molecule has 0 spiro atoms. The molecular weight excluding hydrogens is 502 g/mol. The summed E-state index contributed by atoms with van der Waals surface area (Å²) >= 11 is 4.75. The van der Waals surface area contributed by atoms with Crippen LogP contribution in [0.2, 0.25) is 0 Å². The van der Waals surface area contributed by atoms with E-state index in [1.165, 1.54) is 11.3 Å². The first-order chi connectivity index (χ1) is 15.8. The zero-order valence-corrected chi connectivity index (χ0v) is 21.4. The Morgan fingerprint density at radius 2 is 1.76 bits per heavy atom. The summed E-state index contributed by atoms with van der Waals surface area (Å²) in [6.07, 6.45) is 0.624. The molecule has 3 aromatic rings. The molecule has 0 radical (unpaired) electrons. The third-order valence-electron chi connectivity index (χ3n) is 4.96. The number of rotatable bonds is 10. The third kappa shape index (κ3) is 7.40. The second kappa shape index (κ2) is 12.0. The zero-order valence-electron chi connectivity index (χ0n) is 19.0. The van der Waals surface area contributed by atoms with E-state index in [1.807, 2.05) is 25.1 Å². The van der Waals surface area contributed by atoms with E-state index in [2.05, 4.69) is 57.5 Å². The van der Waals surface area contributed by atoms with Crippen molar-refractivity contribution in [2.24, 2.45) is 0 Å². The highest BCUT2D eigenvalue weighted by Crippen LogP contribution is 2.28. The van der Waals surface area contributed by atoms with E-state index in [1.54, 1.807) is 17.5 Å². The molecule has 0 atom stereocenters. The molecular formula is C25H28BrN3O3S. The molecule has 2 aromatic carbocycles. The van der Waals surface area contributed by atoms with E-state index in [0.29, 0.717) is 43.3 Å². The lowest BCUT2D eigenvalue weighted by atomic mass is 10.0. The molecule has 0 bridgehead atoms. The lowest BCUT2D eigenvalue weighted by Gasteiger charge is -2.14. The summed E-state index contributed by atoms with van der Waals surface area (Å²) in [5.74, 6) is 0.858. The number of nitrogens with zero attached hydrogens (tertiary/aromatic N) is 1. The number of halogens is 1. The second-order valence-corrected chi connectivity index (χ2v) is 9.84. The van der Waals surface area contributed by atoms with Crippen LogP contribution in [-0.4, -0.2) is 29.9 Å². The summed E-state index contributed by atoms with van der Waals surface area (Å²) in [4.78, 5) is 28.9. The van der Waals surface area contributed by atoms with Crippen molar-refractivity contribution in [3.63, 3.8) is 0 Å². The molecule has 0 fully saturated rings. The summed E-state index contributed by atoms with van der Waals surface area (Å²) in [5, 5.41) is 8.18. The average Bonchev–Trinajstić information content (AvgIpc) is 3.26. The van der Waals surface area contributed by atoms with Crippen LogP contribution in [0.25, 0.3) is 0 Å². The van der Waals surface area contributed by atoms with Gasteiger partial charge in [-0.15, -0.1) is 11.3 Å². The van der Waals surface area contributed by atoms with Crippen LogP contribution in [-0.2, 0) is 6.61 Å². The maximum Gasteiger partial charge on any atom is 0.270 e. The summed E-state index contributed by atoms with van der Waals surface area (Å²) in [7, 11) is 0. The first-order valence-electron chi connectivity index (χ1n) is 10.8. The Morgan fingerprint density at radius 3 is 2.45 bits per heavy atom. The first-order valence-corrected chi connectivity index (χ1v) is 12.5. The Bertz CT molecular complexity index is 1100. The van der Waals surface area contributed by atoms with Crippen LogP contribution in [0.15, 0.2) is 52.3 Å². The van der Waals surface area contributed by atoms with Gasteiger partial charge in [0.1, 0.15) is 23.1 Å². The number of carbonyl (C=O) groups excluding carboxylic acids is 2. The minimum Gasteiger partial charge on any atom is -0.486 e. The Morgan fingerprint density at radius 1 is 1.06 bits per heavy atom. The van der Waals surface area contributed by atoms with Crippen LogP contribution in [0.3, 0.4) is 0 Å². The predicted molar refractivity (Wildman–Crippen MR) is 135 cm³/mol. The predicted octanol–water partition coefficient (Wildman–Crippen LogP) is 5.47. The molecule has 0 aliphatic carbocycles. The third-order valence-corrected chi connectivity index (χ3v) is 6.31. The van der Waals surface area contributed by atoms with Gasteiger partial charge in [0.05, 0.1) is 0 Å². The highest BCUT2D eigenvalue weighted by atomic mass is 79.9. The van der Waals surface area contributed by atoms with Crippen LogP contribution < -0.4 is 15.4 Å². The van der Waals surface area contributed by atoms with Gasteiger partial charge >= 0.3 is 0 Å². The van der Waals surface area contributed by atoms with Crippen molar-refractivity contribution in [1.82, 2.24) is 15.6 Å². The molecule has 2 N–H and O–H groups in total. The summed E-state index contributed by atoms with van der Waals surface area (Å²) in [5.41, 5.74) is 3.28. The standard InChI is InChI=1S/C25H28BrN3O3S/c1-16(2)20-10-5-17(3)13-22(20)32-14-23-29-21(15-33-23)25(31)28-12-4-11-27-24(30)18-6-8-19(26)9-7-18/h5-10,13,15-16H,4,11-12,14H2,1-3H3,(H,27,30)(H,28,31). The van der Waals surface area contributed by atoms with Crippen LogP contribution in [0.5, 0.6) is 5.75 Å². The van der Waals surface area contributed by atoms with Gasteiger partial charge in [0.15, 0.2) is 0 Å². The smallest absolute Gasteiger partial charge is 0.270 e. The van der Waals surface area contributed by atoms with Gasteiger partial charge in [-0.1, -0.05) is 41.9 Å². The van der Waals surface area contributed by atoms with E-state index < -0.39 is 0 Å². The number of benzene rings is 2. The van der Waals surface area contributed by atoms with E-state index in [0.717, 1.165) is 26.4 Å². The number of thiazole rings is 1. The molecule has 0 saturated carbocycles. The second-order valence-electron chi connectivity index (χ2n) is 7.98. The number of aromatic nitrogens is 1. The fraction of sp³-hybridized carbons (Fsp3) is 0.320. The van der Waals surface area contributed by atoms with Gasteiger partial charge < -0.3 is 15.4 Å². The van der Waals surface area contributed by atoms with Crippen molar-refractivity contribution in [3.8, 4) is 5.75 Å². The molecule has 6 nitrogen and oxygen atoms in total. The number of carbonyl (C=O) groups is 2. The summed E-state index contributed by atoms with van der Waals surface area (Å²) in [6.45, 7) is 7.55. The van der Waals surface area contributed by atoms with Gasteiger partial charge in [-0.05, 0) is 60.7 Å². The minimum absolute atomic E-state index is 0.132. The highest BCUT2D eigenvalue weighted by molar-refractivity contribution is 9.10. The van der Waals surface area contributed by atoms with Crippen molar-refractivity contribution in [2.45, 2.75) is 39.7 Å². The van der Waals surface area contributed by atoms with E-state index >= 15 is 0 Å². The lowest BCUT2D eigenvalue weighted by Crippen LogP contribution is -2.30. The van der Waals surface area contributed by atoms with E-state index in [4.69, 9.17) is 4.74 Å². The summed E-state index contributed by atoms with van der Waals surface area (Å²) in [6, 6.07) is 13.4. The SMILES string of the molecule is Cc1ccc(C(C)C)c(OCc2nc(C(=O)NCCCNC(=O)c3ccc(Br)cc3)cs2)c1. The van der Waals surface area contributed by atoms with Gasteiger partial charge in [-0.3, -0.25) is 9.59 Å². The Balaban J connectivity index is 1.41. The topological polar surface area (TPSA) is 80.3 Å². The number of hydrogen-bond donors (Lipinski definition) is 2. The Kier molecular flexibility index (Phi) is 9.03. The first kappa shape index (κ1) is 24.9. The van der Waals surface area contributed by atoms with Crippen LogP contribution in [0.1, 0.15) is 63.2 Å². The zero-order chi connectivity index (χ0) is 23.8. The van der Waals surface area contributed by atoms with Crippen molar-refractivity contribution >= 4 is 39.1 Å². The number of aryl methyl sites for hydroxylation is 1. The van der Waals surface area contributed by atoms with Gasteiger partial charge in [-0.2, -0.15) is 0 Å². The van der Waals surface area contributed by atoms with Crippen LogP contribution >= 0.6 is 27.3 Å². The molecule has 2 amide bonds. The summed E-state index contributed by atoms with van der Waals surface area (Å²) < 4.78 is 6.94. The van der Waals surface area contributed by atoms with Gasteiger partial charge in [-0.25, -0.2) is 4.98 Å². The fourth-order valence-corrected chi connectivity index (χ4v) is 4.10. The maximum atomic E-state index is 12.4. The number of ether oxygens (including phenoxy) is 1. The van der Waals surface area contributed by atoms with Crippen molar-refractivity contribution in [2.75, 3.05) is 13.1 Å². The minimum atomic E-state index is -0.227. The molecule has 0 saturated heterocycles. The van der Waals surface area contributed by atoms with Crippen molar-refractivity contribution in [1.29, 1.82) is 0 Å². The molecule has 0 aliphatic heterocycles. The fourth-order valence-electron chi connectivity index (χ4n) is 3.15. The quantitative estimate of drug-likeness (QED) is 0.341. The lowest BCUT2D eigenvalue weighted by molar-refractivity contribution is 0.0948. The monoisotopic (exact) mass is 529 g/mol. The molecule has 0 aliphatic rings. The van der Waals surface area contributed by atoms with Crippen LogP contribution in [0, 0.1) is 6.92 Å². The molecule has 174 valence electrons. The maximum absolute atomic E-state index is 12.4. The normalized spacial score (nSPS) is 10.8. The van der Waals surface area contributed by atoms with E-state index in [-0.39, 0.29) is 11.8 Å². The van der Waals surface area contributed by atoms with Gasteiger partial charge in [0.2, 0.25) is 0 Å². The molecule has 3 rings (SSSR count). The van der Waals surface area contributed by atoms with Crippen molar-refractivity contribution in [3.05, 3.63) is 79.7 Å². The molecule has 33 heavy (non-hydrogen) atoms. The Labute approximate surface area is 206 Å². The highest BCUT2D eigenvalue weighted by Gasteiger charge is 2.13. The number of amides is 2. The molecule has 1 heterocycles. The average molecular weight is 530 g/mol. The molecule has 0 unspecified atom stereocenters. The van der Waals surface area contributed by atoms with Crippen molar-refractivity contribution < 1.29 is 14.3 Å².